The van der Waals surface area contributed by atoms with Crippen LogP contribution in [0.15, 0.2) is 18.2 Å². The minimum absolute atomic E-state index is 0.0915. The molecule has 3 atom stereocenters. The predicted octanol–water partition coefficient (Wildman–Crippen LogP) is 2.26. The standard InChI is InChI=1S/C16H22N2O2/c1-3-14-12(6-7-20-14)16(17-2)10-4-5-13-11(8-10)9-15(19)18-13/h4-5,8,12,14,16-17H,3,6-7,9H2,1-2H3,(H,18,19). The highest BCUT2D eigenvalue weighted by molar-refractivity contribution is 5.99. The Morgan fingerprint density at radius 2 is 2.35 bits per heavy atom. The maximum atomic E-state index is 11.5. The van der Waals surface area contributed by atoms with Crippen LogP contribution in [0.2, 0.25) is 0 Å². The maximum Gasteiger partial charge on any atom is 0.228 e. The average Bonchev–Trinajstić information content (AvgIpc) is 3.04. The van der Waals surface area contributed by atoms with E-state index in [4.69, 9.17) is 4.74 Å². The highest BCUT2D eigenvalue weighted by atomic mass is 16.5. The number of rotatable bonds is 4. The van der Waals surface area contributed by atoms with Gasteiger partial charge in [-0.3, -0.25) is 4.79 Å². The Morgan fingerprint density at radius 3 is 3.10 bits per heavy atom. The van der Waals surface area contributed by atoms with Crippen molar-refractivity contribution in [1.29, 1.82) is 0 Å². The van der Waals surface area contributed by atoms with Crippen molar-refractivity contribution < 1.29 is 9.53 Å². The smallest absolute Gasteiger partial charge is 0.228 e. The molecule has 20 heavy (non-hydrogen) atoms. The van der Waals surface area contributed by atoms with Gasteiger partial charge in [-0.15, -0.1) is 0 Å². The Hall–Kier alpha value is -1.39. The molecule has 1 fully saturated rings. The Bertz CT molecular complexity index is 515. The van der Waals surface area contributed by atoms with Crippen LogP contribution in [0.1, 0.15) is 36.9 Å². The number of amides is 1. The minimum Gasteiger partial charge on any atom is -0.378 e. The van der Waals surface area contributed by atoms with E-state index in [0.29, 0.717) is 24.5 Å². The average molecular weight is 274 g/mol. The van der Waals surface area contributed by atoms with Crippen LogP contribution in [0, 0.1) is 5.92 Å². The van der Waals surface area contributed by atoms with Gasteiger partial charge in [0.15, 0.2) is 0 Å². The van der Waals surface area contributed by atoms with Gasteiger partial charge in [0.05, 0.1) is 12.5 Å². The van der Waals surface area contributed by atoms with Gasteiger partial charge in [-0.1, -0.05) is 19.1 Å². The molecule has 0 aliphatic carbocycles. The molecule has 2 aliphatic heterocycles. The van der Waals surface area contributed by atoms with E-state index in [1.54, 1.807) is 0 Å². The first kappa shape index (κ1) is 13.6. The van der Waals surface area contributed by atoms with Gasteiger partial charge in [-0.2, -0.15) is 0 Å². The van der Waals surface area contributed by atoms with Crippen molar-refractivity contribution in [3.05, 3.63) is 29.3 Å². The zero-order chi connectivity index (χ0) is 14.1. The molecule has 2 aliphatic rings. The van der Waals surface area contributed by atoms with Crippen molar-refractivity contribution in [2.75, 3.05) is 19.0 Å². The second-order valence-electron chi connectivity index (χ2n) is 5.68. The van der Waals surface area contributed by atoms with Crippen molar-refractivity contribution in [3.63, 3.8) is 0 Å². The Labute approximate surface area is 119 Å². The molecule has 0 spiro atoms. The molecule has 3 rings (SSSR count). The minimum atomic E-state index is 0.0915. The molecule has 4 heteroatoms. The molecule has 3 unspecified atom stereocenters. The van der Waals surface area contributed by atoms with Crippen molar-refractivity contribution in [2.45, 2.75) is 38.3 Å². The van der Waals surface area contributed by atoms with Crippen LogP contribution in [-0.4, -0.2) is 25.7 Å². The van der Waals surface area contributed by atoms with E-state index in [1.807, 2.05) is 13.1 Å². The molecular formula is C16H22N2O2. The SMILES string of the molecule is CCC1OCCC1C(NC)c1ccc2c(c1)CC(=O)N2. The highest BCUT2D eigenvalue weighted by Gasteiger charge is 2.34. The van der Waals surface area contributed by atoms with E-state index < -0.39 is 0 Å². The quantitative estimate of drug-likeness (QED) is 0.885. The first-order chi connectivity index (χ1) is 9.72. The summed E-state index contributed by atoms with van der Waals surface area (Å²) in [4.78, 5) is 11.5. The van der Waals surface area contributed by atoms with Crippen LogP contribution in [0.3, 0.4) is 0 Å². The molecule has 0 bridgehead atoms. The number of fused-ring (bicyclic) bond motifs is 1. The number of carbonyl (C=O) groups is 1. The molecule has 0 aromatic heterocycles. The van der Waals surface area contributed by atoms with E-state index >= 15 is 0 Å². The van der Waals surface area contributed by atoms with Crippen LogP contribution in [-0.2, 0) is 16.0 Å². The molecule has 108 valence electrons. The summed E-state index contributed by atoms with van der Waals surface area (Å²) in [6.07, 6.45) is 2.98. The molecule has 2 N–H and O–H groups in total. The number of nitrogens with one attached hydrogen (secondary N) is 2. The van der Waals surface area contributed by atoms with Gasteiger partial charge >= 0.3 is 0 Å². The largest absolute Gasteiger partial charge is 0.378 e. The number of carbonyl (C=O) groups excluding carboxylic acids is 1. The first-order valence-electron chi connectivity index (χ1n) is 7.44. The normalized spacial score (nSPS) is 26.4. The lowest BCUT2D eigenvalue weighted by molar-refractivity contribution is -0.115. The summed E-state index contributed by atoms with van der Waals surface area (Å²) in [5.41, 5.74) is 3.33. The summed E-state index contributed by atoms with van der Waals surface area (Å²) in [6, 6.07) is 6.61. The van der Waals surface area contributed by atoms with Crippen molar-refractivity contribution in [1.82, 2.24) is 5.32 Å². The van der Waals surface area contributed by atoms with Crippen LogP contribution in [0.4, 0.5) is 5.69 Å². The van der Waals surface area contributed by atoms with Crippen molar-refractivity contribution in [2.24, 2.45) is 5.92 Å². The third-order valence-corrected chi connectivity index (χ3v) is 4.52. The van der Waals surface area contributed by atoms with Gasteiger partial charge in [0, 0.05) is 24.3 Å². The Morgan fingerprint density at radius 1 is 1.50 bits per heavy atom. The number of benzene rings is 1. The van der Waals surface area contributed by atoms with Crippen LogP contribution < -0.4 is 10.6 Å². The first-order valence-corrected chi connectivity index (χ1v) is 7.44. The summed E-state index contributed by atoms with van der Waals surface area (Å²) in [5.74, 6) is 0.599. The van der Waals surface area contributed by atoms with Gasteiger partial charge in [0.25, 0.3) is 0 Å². The topological polar surface area (TPSA) is 50.4 Å². The second-order valence-corrected chi connectivity index (χ2v) is 5.68. The number of hydrogen-bond acceptors (Lipinski definition) is 3. The highest BCUT2D eigenvalue weighted by Crippen LogP contribution is 2.36. The number of ether oxygens (including phenoxy) is 1. The van der Waals surface area contributed by atoms with Gasteiger partial charge in [-0.25, -0.2) is 0 Å². The van der Waals surface area contributed by atoms with E-state index in [0.717, 1.165) is 30.7 Å². The van der Waals surface area contributed by atoms with Gasteiger partial charge < -0.3 is 15.4 Å². The second kappa shape index (κ2) is 5.54. The van der Waals surface area contributed by atoms with Gasteiger partial charge in [0.1, 0.15) is 0 Å². The van der Waals surface area contributed by atoms with E-state index in [-0.39, 0.29) is 5.91 Å². The van der Waals surface area contributed by atoms with Crippen LogP contribution >= 0.6 is 0 Å². The molecule has 2 heterocycles. The predicted molar refractivity (Wildman–Crippen MR) is 78.7 cm³/mol. The lowest BCUT2D eigenvalue weighted by Crippen LogP contribution is -2.30. The summed E-state index contributed by atoms with van der Waals surface area (Å²) >= 11 is 0. The van der Waals surface area contributed by atoms with Crippen LogP contribution in [0.25, 0.3) is 0 Å². The lowest BCUT2D eigenvalue weighted by atomic mass is 9.86. The third-order valence-electron chi connectivity index (χ3n) is 4.52. The Balaban J connectivity index is 1.86. The van der Waals surface area contributed by atoms with Crippen molar-refractivity contribution in [3.8, 4) is 0 Å². The zero-order valence-electron chi connectivity index (χ0n) is 12.1. The molecule has 1 saturated heterocycles. The van der Waals surface area contributed by atoms with Gasteiger partial charge in [0.2, 0.25) is 5.91 Å². The van der Waals surface area contributed by atoms with Crippen molar-refractivity contribution >= 4 is 11.6 Å². The molecule has 0 saturated carbocycles. The third kappa shape index (κ3) is 2.34. The van der Waals surface area contributed by atoms with E-state index in [9.17, 15) is 4.79 Å². The molecule has 4 nitrogen and oxygen atoms in total. The number of anilines is 1. The molecule has 0 radical (unpaired) electrons. The number of hydrogen-bond donors (Lipinski definition) is 2. The summed E-state index contributed by atoms with van der Waals surface area (Å²) in [7, 11) is 2.01. The zero-order valence-corrected chi connectivity index (χ0v) is 12.1. The summed E-state index contributed by atoms with van der Waals surface area (Å²) in [5, 5.41) is 6.33. The fourth-order valence-electron chi connectivity index (χ4n) is 3.54. The molecular weight excluding hydrogens is 252 g/mol. The van der Waals surface area contributed by atoms with E-state index in [1.165, 1.54) is 5.56 Å². The Kier molecular flexibility index (Phi) is 3.76. The molecule has 1 amide bonds. The summed E-state index contributed by atoms with van der Waals surface area (Å²) < 4.78 is 5.82. The van der Waals surface area contributed by atoms with Crippen LogP contribution in [0.5, 0.6) is 0 Å². The molecule has 1 aromatic rings. The fourth-order valence-corrected chi connectivity index (χ4v) is 3.54. The van der Waals surface area contributed by atoms with E-state index in [2.05, 4.69) is 29.7 Å². The lowest BCUT2D eigenvalue weighted by Gasteiger charge is -2.27. The van der Waals surface area contributed by atoms with Gasteiger partial charge in [-0.05, 0) is 37.1 Å². The fraction of sp³-hybridized carbons (Fsp3) is 0.562. The monoisotopic (exact) mass is 274 g/mol. The maximum absolute atomic E-state index is 11.5. The summed E-state index contributed by atoms with van der Waals surface area (Å²) in [6.45, 7) is 3.04. The molecule has 1 aromatic carbocycles.